The summed E-state index contributed by atoms with van der Waals surface area (Å²) in [5, 5.41) is 5.12. The van der Waals surface area contributed by atoms with Gasteiger partial charge in [0.05, 0.1) is 19.8 Å². The number of morpholine rings is 1. The van der Waals surface area contributed by atoms with Crippen LogP contribution in [0.5, 0.6) is 0 Å². The highest BCUT2D eigenvalue weighted by Gasteiger charge is 2.15. The van der Waals surface area contributed by atoms with E-state index in [1.165, 1.54) is 5.56 Å². The van der Waals surface area contributed by atoms with Crippen LogP contribution in [0.3, 0.4) is 0 Å². The number of thiocarbonyl (C=S) groups is 1. The second kappa shape index (κ2) is 11.4. The molecule has 1 saturated heterocycles. The minimum Gasteiger partial charge on any atom is -0.379 e. The molecule has 1 aliphatic rings. The Balaban J connectivity index is 1.45. The molecule has 2 N–H and O–H groups in total. The number of nitrogens with one attached hydrogen (secondary N) is 2. The monoisotopic (exact) mass is 464 g/mol. The average molecular weight is 465 g/mol. The number of pyridine rings is 1. The van der Waals surface area contributed by atoms with E-state index >= 15 is 0 Å². The Hall–Kier alpha value is -2.74. The van der Waals surface area contributed by atoms with Gasteiger partial charge >= 0.3 is 0 Å². The minimum atomic E-state index is -0.0699. The van der Waals surface area contributed by atoms with E-state index in [0.717, 1.165) is 62.3 Å². The van der Waals surface area contributed by atoms with Crippen LogP contribution >= 0.6 is 12.2 Å². The molecule has 33 heavy (non-hydrogen) atoms. The third-order valence-corrected chi connectivity index (χ3v) is 6.37. The molecule has 0 atom stereocenters. The molecule has 2 aromatic carbocycles. The van der Waals surface area contributed by atoms with Crippen LogP contribution in [0.15, 0.2) is 59.4 Å². The van der Waals surface area contributed by atoms with Gasteiger partial charge in [0, 0.05) is 37.3 Å². The fourth-order valence-electron chi connectivity index (χ4n) is 4.13. The first-order valence-electron chi connectivity index (χ1n) is 11.6. The minimum absolute atomic E-state index is 0.0699. The number of rotatable bonds is 8. The average Bonchev–Trinajstić information content (AvgIpc) is 2.83. The summed E-state index contributed by atoms with van der Waals surface area (Å²) in [7, 11) is 0. The third-order valence-electron chi connectivity index (χ3n) is 5.97. The number of nitrogens with zero attached hydrogens (tertiary/aromatic N) is 2. The van der Waals surface area contributed by atoms with Crippen LogP contribution in [0.25, 0.3) is 10.9 Å². The number of fused-ring (bicyclic) bond motifs is 1. The molecule has 4 rings (SSSR count). The van der Waals surface area contributed by atoms with Gasteiger partial charge in [-0.05, 0) is 61.3 Å². The summed E-state index contributed by atoms with van der Waals surface area (Å²) in [6.45, 7) is 8.60. The van der Waals surface area contributed by atoms with Crippen molar-refractivity contribution in [2.75, 3.05) is 39.4 Å². The zero-order chi connectivity index (χ0) is 23.0. The lowest BCUT2D eigenvalue weighted by Crippen LogP contribution is -2.42. The highest BCUT2D eigenvalue weighted by Crippen LogP contribution is 2.15. The van der Waals surface area contributed by atoms with Gasteiger partial charge < -0.3 is 19.9 Å². The summed E-state index contributed by atoms with van der Waals surface area (Å²) in [6.07, 6.45) is 1.01. The van der Waals surface area contributed by atoms with Crippen LogP contribution in [-0.4, -0.2) is 59.3 Å². The zero-order valence-electron chi connectivity index (χ0n) is 19.2. The van der Waals surface area contributed by atoms with Crippen LogP contribution in [0.4, 0.5) is 0 Å². The van der Waals surface area contributed by atoms with Crippen molar-refractivity contribution in [3.05, 3.63) is 81.6 Å². The van der Waals surface area contributed by atoms with E-state index in [9.17, 15) is 4.79 Å². The predicted octanol–water partition coefficient (Wildman–Crippen LogP) is 3.44. The second-order valence-electron chi connectivity index (χ2n) is 8.60. The lowest BCUT2D eigenvalue weighted by Gasteiger charge is -2.28. The lowest BCUT2D eigenvalue weighted by atomic mass is 10.1. The lowest BCUT2D eigenvalue weighted by molar-refractivity contribution is 0.0376. The standard InChI is InChI=1S/C26H32N4O2S/c1-20-8-9-24-22(16-20)17-23(25(31)28-24)19-30(18-21-6-3-2-4-7-21)26(33)27-10-5-11-29-12-14-32-15-13-29/h2-4,6-9,16-17H,5,10-15,18-19H2,1H3,(H,27,33)(H,28,31). The molecule has 2 heterocycles. The zero-order valence-corrected chi connectivity index (χ0v) is 20.0. The number of hydrogen-bond acceptors (Lipinski definition) is 4. The molecular formula is C26H32N4O2S. The molecule has 0 amide bonds. The Kier molecular flexibility index (Phi) is 8.10. The van der Waals surface area contributed by atoms with Crippen LogP contribution in [0, 0.1) is 6.92 Å². The molecule has 3 aromatic rings. The molecule has 0 aliphatic carbocycles. The Labute approximate surface area is 200 Å². The van der Waals surface area contributed by atoms with Crippen LogP contribution < -0.4 is 10.9 Å². The van der Waals surface area contributed by atoms with Gasteiger partial charge in [0.25, 0.3) is 5.56 Å². The van der Waals surface area contributed by atoms with Crippen molar-refractivity contribution in [1.82, 2.24) is 20.1 Å². The quantitative estimate of drug-likeness (QED) is 0.393. The highest BCUT2D eigenvalue weighted by atomic mass is 32.1. The van der Waals surface area contributed by atoms with Crippen LogP contribution in [0.2, 0.25) is 0 Å². The third kappa shape index (κ3) is 6.63. The molecule has 1 aromatic heterocycles. The fourth-order valence-corrected chi connectivity index (χ4v) is 4.36. The summed E-state index contributed by atoms with van der Waals surface area (Å²) in [6, 6.07) is 18.3. The summed E-state index contributed by atoms with van der Waals surface area (Å²) < 4.78 is 5.42. The van der Waals surface area contributed by atoms with E-state index < -0.39 is 0 Å². The topological polar surface area (TPSA) is 60.6 Å². The molecule has 7 heteroatoms. The van der Waals surface area contributed by atoms with Crippen molar-refractivity contribution in [3.63, 3.8) is 0 Å². The summed E-state index contributed by atoms with van der Waals surface area (Å²) >= 11 is 5.77. The molecule has 174 valence electrons. The number of aryl methyl sites for hydroxylation is 1. The molecule has 1 fully saturated rings. The van der Waals surface area contributed by atoms with Gasteiger partial charge in [-0.3, -0.25) is 9.69 Å². The molecule has 1 aliphatic heterocycles. The fraction of sp³-hybridized carbons (Fsp3) is 0.385. The SMILES string of the molecule is Cc1ccc2[nH]c(=O)c(CN(Cc3ccccc3)C(=S)NCCCN3CCOCC3)cc2c1. The van der Waals surface area contributed by atoms with E-state index in [2.05, 4.69) is 45.2 Å². The van der Waals surface area contributed by atoms with E-state index in [0.29, 0.717) is 23.8 Å². The van der Waals surface area contributed by atoms with Gasteiger partial charge in [-0.25, -0.2) is 0 Å². The first kappa shape index (κ1) is 23.4. The second-order valence-corrected chi connectivity index (χ2v) is 8.98. The molecule has 6 nitrogen and oxygen atoms in total. The number of aromatic amines is 1. The van der Waals surface area contributed by atoms with Crippen molar-refractivity contribution in [3.8, 4) is 0 Å². The van der Waals surface area contributed by atoms with Gasteiger partial charge in [-0.1, -0.05) is 42.0 Å². The van der Waals surface area contributed by atoms with E-state index in [1.807, 2.05) is 36.4 Å². The molecule has 0 radical (unpaired) electrons. The maximum atomic E-state index is 12.8. The van der Waals surface area contributed by atoms with Gasteiger partial charge in [0.15, 0.2) is 5.11 Å². The number of benzene rings is 2. The Morgan fingerprint density at radius 2 is 1.91 bits per heavy atom. The molecule has 0 saturated carbocycles. The van der Waals surface area contributed by atoms with Gasteiger partial charge in [-0.2, -0.15) is 0 Å². The summed E-state index contributed by atoms with van der Waals surface area (Å²) in [5.41, 5.74) is 3.82. The normalized spacial score (nSPS) is 14.3. The summed E-state index contributed by atoms with van der Waals surface area (Å²) in [4.78, 5) is 20.3. The van der Waals surface area contributed by atoms with E-state index in [4.69, 9.17) is 17.0 Å². The molecule has 0 bridgehead atoms. The maximum absolute atomic E-state index is 12.8. The molecule has 0 spiro atoms. The highest BCUT2D eigenvalue weighted by molar-refractivity contribution is 7.80. The molecular weight excluding hydrogens is 432 g/mol. The van der Waals surface area contributed by atoms with E-state index in [-0.39, 0.29) is 5.56 Å². The number of ether oxygens (including phenoxy) is 1. The van der Waals surface area contributed by atoms with Gasteiger partial charge in [0.2, 0.25) is 0 Å². The largest absolute Gasteiger partial charge is 0.379 e. The van der Waals surface area contributed by atoms with Crippen molar-refractivity contribution in [1.29, 1.82) is 0 Å². The first-order chi connectivity index (χ1) is 16.1. The van der Waals surface area contributed by atoms with Crippen molar-refractivity contribution in [2.24, 2.45) is 0 Å². The number of aromatic nitrogens is 1. The first-order valence-corrected chi connectivity index (χ1v) is 12.0. The van der Waals surface area contributed by atoms with Gasteiger partial charge in [0.1, 0.15) is 0 Å². The van der Waals surface area contributed by atoms with Crippen LogP contribution in [-0.2, 0) is 17.8 Å². The van der Waals surface area contributed by atoms with Crippen molar-refractivity contribution >= 4 is 28.2 Å². The smallest absolute Gasteiger partial charge is 0.253 e. The van der Waals surface area contributed by atoms with Gasteiger partial charge in [-0.15, -0.1) is 0 Å². The molecule has 0 unspecified atom stereocenters. The van der Waals surface area contributed by atoms with E-state index in [1.54, 1.807) is 0 Å². The number of hydrogen-bond donors (Lipinski definition) is 2. The Bertz CT molecular complexity index is 1130. The van der Waals surface area contributed by atoms with Crippen molar-refractivity contribution < 1.29 is 4.74 Å². The number of H-pyrrole nitrogens is 1. The summed E-state index contributed by atoms with van der Waals surface area (Å²) in [5.74, 6) is 0. The predicted molar refractivity (Wildman–Crippen MR) is 137 cm³/mol. The Morgan fingerprint density at radius 3 is 2.70 bits per heavy atom. The Morgan fingerprint density at radius 1 is 1.12 bits per heavy atom. The van der Waals surface area contributed by atoms with Crippen molar-refractivity contribution in [2.45, 2.75) is 26.4 Å². The van der Waals surface area contributed by atoms with Crippen LogP contribution in [0.1, 0.15) is 23.1 Å². The maximum Gasteiger partial charge on any atom is 0.253 e.